The molecule has 0 bridgehead atoms. The third-order valence-corrected chi connectivity index (χ3v) is 12.6. The topological polar surface area (TPSA) is 44.4 Å². The van der Waals surface area contributed by atoms with Gasteiger partial charge in [0.2, 0.25) is 0 Å². The van der Waals surface area contributed by atoms with Gasteiger partial charge >= 0.3 is 0 Å². The van der Waals surface area contributed by atoms with Crippen LogP contribution in [0.1, 0.15) is 0 Å². The summed E-state index contributed by atoms with van der Waals surface area (Å²) >= 11 is 0. The largest absolute Gasteiger partial charge is 0.309 e. The van der Waals surface area contributed by atoms with Crippen LogP contribution in [0, 0.1) is 13.1 Å². The van der Waals surface area contributed by atoms with Gasteiger partial charge in [-0.05, 0) is 76.9 Å². The Hall–Kier alpha value is -9.36. The molecule has 0 aliphatic carbocycles. The van der Waals surface area contributed by atoms with E-state index in [0.29, 0.717) is 34.2 Å². The Morgan fingerprint density at radius 3 is 1.27 bits per heavy atom. The lowest BCUT2D eigenvalue weighted by Gasteiger charge is -2.12. The van der Waals surface area contributed by atoms with Crippen LogP contribution >= 0.6 is 0 Å². The van der Waals surface area contributed by atoms with Crippen LogP contribution in [-0.4, -0.2) is 19.1 Å². The Bertz CT molecular complexity index is 3810. The maximum atomic E-state index is 7.78. The summed E-state index contributed by atoms with van der Waals surface area (Å²) in [6.45, 7) is 15.5. The average molecular weight is 841 g/mol. The molecule has 0 atom stereocenters. The van der Waals surface area contributed by atoms with Gasteiger partial charge in [0.1, 0.15) is 5.82 Å². The van der Waals surface area contributed by atoms with E-state index in [9.17, 15) is 0 Å². The number of para-hydroxylation sites is 5. The SMILES string of the molecule is [C-]#[N+]c1ccccc1-c1cc(-c2ccc(-c3ccc(-c4ccc(-n5c6ccccc6c6cc(-n7c8ccccc8c8ccccc87)ccc65)cc4)cc3)cc2)nc(-c2ccccc2[N+]#[C-])n1. The summed E-state index contributed by atoms with van der Waals surface area (Å²) in [4.78, 5) is 17.3. The number of hydrogen-bond donors (Lipinski definition) is 0. The predicted molar refractivity (Wildman–Crippen MR) is 270 cm³/mol. The first-order valence-corrected chi connectivity index (χ1v) is 21.8. The summed E-state index contributed by atoms with van der Waals surface area (Å²) in [6.07, 6.45) is 0. The second kappa shape index (κ2) is 15.8. The second-order valence-corrected chi connectivity index (χ2v) is 16.3. The molecule has 306 valence electrons. The lowest BCUT2D eigenvalue weighted by molar-refractivity contribution is 1.17. The summed E-state index contributed by atoms with van der Waals surface area (Å²) < 4.78 is 4.76. The molecule has 0 unspecified atom stereocenters. The van der Waals surface area contributed by atoms with Crippen molar-refractivity contribution in [3.8, 4) is 67.5 Å². The van der Waals surface area contributed by atoms with E-state index in [2.05, 4.69) is 183 Å². The molecule has 0 spiro atoms. The minimum atomic E-state index is 0.446. The van der Waals surface area contributed by atoms with Gasteiger partial charge in [-0.25, -0.2) is 19.7 Å². The minimum absolute atomic E-state index is 0.446. The van der Waals surface area contributed by atoms with Crippen molar-refractivity contribution in [1.29, 1.82) is 0 Å². The highest BCUT2D eigenvalue weighted by atomic mass is 15.0. The highest BCUT2D eigenvalue weighted by Gasteiger charge is 2.18. The fourth-order valence-electron chi connectivity index (χ4n) is 9.47. The summed E-state index contributed by atoms with van der Waals surface area (Å²) in [5.74, 6) is 0.446. The monoisotopic (exact) mass is 840 g/mol. The first kappa shape index (κ1) is 38.3. The van der Waals surface area contributed by atoms with E-state index in [-0.39, 0.29) is 0 Å². The molecule has 3 aromatic heterocycles. The van der Waals surface area contributed by atoms with Crippen molar-refractivity contribution in [3.63, 3.8) is 0 Å². The lowest BCUT2D eigenvalue weighted by Crippen LogP contribution is -1.96. The van der Waals surface area contributed by atoms with Gasteiger partial charge in [-0.3, -0.25) is 0 Å². The predicted octanol–water partition coefficient (Wildman–Crippen LogP) is 16.1. The van der Waals surface area contributed by atoms with Gasteiger partial charge in [-0.15, -0.1) is 0 Å². The van der Waals surface area contributed by atoms with Gasteiger partial charge in [0, 0.05) is 49.6 Å². The molecular weight excluding hydrogens is 805 g/mol. The fourth-order valence-corrected chi connectivity index (χ4v) is 9.47. The molecule has 6 nitrogen and oxygen atoms in total. The smallest absolute Gasteiger partial charge is 0.198 e. The van der Waals surface area contributed by atoms with E-state index >= 15 is 0 Å². The minimum Gasteiger partial charge on any atom is -0.309 e. The molecule has 12 aromatic rings. The maximum absolute atomic E-state index is 7.78. The standard InChI is InChI=1S/C60H36N6/c1-61-52-18-8-3-16-49(52)55-38-54(63-60(64-55)50-17-4-9-19-53(50)62-2)43-29-27-41(28-30-43)39-23-25-40(26-24-39)42-31-33-44(34-32-42)65-58-22-12-7-15-48(58)51-37-45(35-36-59(51)65)66-56-20-10-5-13-46(56)47-14-6-11-21-57(47)66/h3-38H. The summed E-state index contributed by atoms with van der Waals surface area (Å²) in [5, 5.41) is 4.95. The lowest BCUT2D eigenvalue weighted by atomic mass is 9.98. The van der Waals surface area contributed by atoms with E-state index in [1.807, 2.05) is 42.5 Å². The Balaban J connectivity index is 0.842. The Kier molecular flexibility index (Phi) is 9.16. The molecule has 12 rings (SSSR count). The van der Waals surface area contributed by atoms with Gasteiger partial charge in [0.25, 0.3) is 0 Å². The average Bonchev–Trinajstić information content (AvgIpc) is 3.91. The number of nitrogens with zero attached hydrogens (tertiary/aromatic N) is 6. The Morgan fingerprint density at radius 1 is 0.318 bits per heavy atom. The molecule has 6 heteroatoms. The molecule has 0 saturated carbocycles. The van der Waals surface area contributed by atoms with Crippen LogP contribution in [0.5, 0.6) is 0 Å². The van der Waals surface area contributed by atoms with Gasteiger partial charge in [-0.2, -0.15) is 0 Å². The second-order valence-electron chi connectivity index (χ2n) is 16.3. The number of hydrogen-bond acceptors (Lipinski definition) is 2. The first-order chi connectivity index (χ1) is 32.6. The molecule has 0 aliphatic heterocycles. The molecule has 0 N–H and O–H groups in total. The molecule has 0 aliphatic rings. The molecule has 0 saturated heterocycles. The highest BCUT2D eigenvalue weighted by Crippen LogP contribution is 2.39. The molecular formula is C60H36N6. The van der Waals surface area contributed by atoms with E-state index in [0.717, 1.165) is 44.8 Å². The van der Waals surface area contributed by atoms with Crippen molar-refractivity contribution in [2.75, 3.05) is 0 Å². The van der Waals surface area contributed by atoms with Gasteiger partial charge < -0.3 is 9.13 Å². The van der Waals surface area contributed by atoms with E-state index in [4.69, 9.17) is 23.1 Å². The molecule has 3 heterocycles. The van der Waals surface area contributed by atoms with Gasteiger partial charge in [0.15, 0.2) is 11.4 Å². The highest BCUT2D eigenvalue weighted by molar-refractivity contribution is 6.12. The normalized spacial score (nSPS) is 11.3. The third-order valence-electron chi connectivity index (χ3n) is 12.6. The van der Waals surface area contributed by atoms with Gasteiger partial charge in [0.05, 0.1) is 46.6 Å². The zero-order valence-corrected chi connectivity index (χ0v) is 35.5. The van der Waals surface area contributed by atoms with Crippen molar-refractivity contribution in [2.24, 2.45) is 0 Å². The first-order valence-electron chi connectivity index (χ1n) is 21.8. The quantitative estimate of drug-likeness (QED) is 0.150. The molecule has 66 heavy (non-hydrogen) atoms. The van der Waals surface area contributed by atoms with Crippen LogP contribution in [-0.2, 0) is 0 Å². The summed E-state index contributed by atoms with van der Waals surface area (Å²) in [7, 11) is 0. The van der Waals surface area contributed by atoms with E-state index < -0.39 is 0 Å². The van der Waals surface area contributed by atoms with Crippen LogP contribution in [0.2, 0.25) is 0 Å². The molecule has 9 aromatic carbocycles. The zero-order valence-electron chi connectivity index (χ0n) is 35.5. The van der Waals surface area contributed by atoms with Crippen molar-refractivity contribution >= 4 is 55.0 Å². The summed E-state index contributed by atoms with van der Waals surface area (Å²) in [5.41, 5.74) is 16.1. The van der Waals surface area contributed by atoms with Crippen molar-refractivity contribution in [3.05, 3.63) is 241 Å². The third kappa shape index (κ3) is 6.41. The molecule has 0 radical (unpaired) electrons. The van der Waals surface area contributed by atoms with E-state index in [1.54, 1.807) is 12.1 Å². The van der Waals surface area contributed by atoms with E-state index in [1.165, 1.54) is 43.6 Å². The van der Waals surface area contributed by atoms with Crippen LogP contribution in [0.25, 0.3) is 121 Å². The number of aromatic nitrogens is 4. The van der Waals surface area contributed by atoms with Crippen LogP contribution in [0.3, 0.4) is 0 Å². The molecule has 0 fully saturated rings. The molecule has 0 amide bonds. The zero-order chi connectivity index (χ0) is 44.1. The van der Waals surface area contributed by atoms with Crippen LogP contribution in [0.15, 0.2) is 218 Å². The maximum Gasteiger partial charge on any atom is 0.198 e. The number of fused-ring (bicyclic) bond motifs is 6. The Morgan fingerprint density at radius 2 is 0.712 bits per heavy atom. The number of benzene rings is 9. The van der Waals surface area contributed by atoms with Crippen LogP contribution < -0.4 is 0 Å². The fraction of sp³-hybridized carbons (Fsp3) is 0. The summed E-state index contributed by atoms with van der Waals surface area (Å²) in [6, 6.07) is 75.5. The Labute approximate surface area is 381 Å². The van der Waals surface area contributed by atoms with Crippen molar-refractivity contribution in [1.82, 2.24) is 19.1 Å². The number of rotatable bonds is 7. The van der Waals surface area contributed by atoms with Crippen molar-refractivity contribution in [2.45, 2.75) is 0 Å². The van der Waals surface area contributed by atoms with Crippen molar-refractivity contribution < 1.29 is 0 Å². The van der Waals surface area contributed by atoms with Crippen LogP contribution in [0.4, 0.5) is 11.4 Å². The van der Waals surface area contributed by atoms with Gasteiger partial charge in [-0.1, -0.05) is 164 Å².